The first kappa shape index (κ1) is 23.2. The fourth-order valence-electron chi connectivity index (χ4n) is 4.89. The summed E-state index contributed by atoms with van der Waals surface area (Å²) in [5.74, 6) is 0.0972. The van der Waals surface area contributed by atoms with E-state index in [-0.39, 0.29) is 18.0 Å². The molecular formula is C28H29ClN4O2. The number of nitrogens with one attached hydrogen (secondary N) is 1. The van der Waals surface area contributed by atoms with Crippen molar-refractivity contribution in [3.8, 4) is 0 Å². The maximum atomic E-state index is 13.1. The molecular weight excluding hydrogens is 460 g/mol. The second-order valence-electron chi connectivity index (χ2n) is 8.97. The third kappa shape index (κ3) is 4.71. The third-order valence-corrected chi connectivity index (χ3v) is 6.93. The van der Waals surface area contributed by atoms with Gasteiger partial charge in [-0.1, -0.05) is 42.8 Å². The summed E-state index contributed by atoms with van der Waals surface area (Å²) >= 11 is 6.13. The zero-order chi connectivity index (χ0) is 24.4. The van der Waals surface area contributed by atoms with Gasteiger partial charge in [0.25, 0.3) is 11.8 Å². The van der Waals surface area contributed by atoms with Crippen LogP contribution in [0.2, 0.25) is 5.02 Å². The molecule has 5 rings (SSSR count). The molecule has 6 nitrogen and oxygen atoms in total. The van der Waals surface area contributed by atoms with Crippen molar-refractivity contribution in [1.29, 1.82) is 0 Å². The molecule has 3 aromatic rings. The Hall–Kier alpha value is -3.51. The number of hydrogen-bond donors (Lipinski definition) is 1. The van der Waals surface area contributed by atoms with E-state index in [2.05, 4.69) is 17.1 Å². The van der Waals surface area contributed by atoms with Crippen LogP contribution in [0, 0.1) is 0 Å². The number of anilines is 2. The van der Waals surface area contributed by atoms with Gasteiger partial charge in [0.05, 0.1) is 0 Å². The number of carbonyl (C=O) groups is 2. The summed E-state index contributed by atoms with van der Waals surface area (Å²) in [4.78, 5) is 32.0. The molecule has 0 aliphatic carbocycles. The minimum absolute atomic E-state index is 0.0382. The summed E-state index contributed by atoms with van der Waals surface area (Å²) in [5, 5.41) is 4.22. The molecule has 7 heteroatoms. The van der Waals surface area contributed by atoms with E-state index in [0.717, 1.165) is 47.0 Å². The lowest BCUT2D eigenvalue weighted by Gasteiger charge is -2.36. The lowest BCUT2D eigenvalue weighted by Crippen LogP contribution is -2.48. The van der Waals surface area contributed by atoms with Crippen LogP contribution in [0.1, 0.15) is 45.8 Å². The van der Waals surface area contributed by atoms with Crippen molar-refractivity contribution in [3.63, 3.8) is 0 Å². The van der Waals surface area contributed by atoms with Crippen LogP contribution in [-0.4, -0.2) is 54.3 Å². The largest absolute Gasteiger partial charge is 0.368 e. The van der Waals surface area contributed by atoms with Crippen molar-refractivity contribution >= 4 is 34.8 Å². The number of nitrogens with zero attached hydrogens (tertiary/aromatic N) is 3. The highest BCUT2D eigenvalue weighted by Crippen LogP contribution is 2.34. The minimum atomic E-state index is -0.209. The quantitative estimate of drug-likeness (QED) is 0.513. The van der Waals surface area contributed by atoms with Crippen LogP contribution in [0.3, 0.4) is 0 Å². The molecule has 1 atom stereocenters. The van der Waals surface area contributed by atoms with Crippen LogP contribution in [0.15, 0.2) is 72.8 Å². The molecule has 1 fully saturated rings. The van der Waals surface area contributed by atoms with E-state index in [4.69, 9.17) is 11.6 Å². The molecule has 180 valence electrons. The SMILES string of the molecule is CCCN1C(=O)c2ccccc2[C@@H]1Nc1ccc(C(=O)N2CCN(c3cccc(Cl)c3)CC2)cc1. The number of hydrogen-bond acceptors (Lipinski definition) is 4. The molecule has 0 bridgehead atoms. The first-order valence-corrected chi connectivity index (χ1v) is 12.5. The molecule has 0 saturated carbocycles. The van der Waals surface area contributed by atoms with E-state index in [9.17, 15) is 9.59 Å². The number of piperazine rings is 1. The summed E-state index contributed by atoms with van der Waals surface area (Å²) in [5.41, 5.74) is 4.37. The first-order chi connectivity index (χ1) is 17.0. The summed E-state index contributed by atoms with van der Waals surface area (Å²) in [6.07, 6.45) is 0.676. The molecule has 0 spiro atoms. The lowest BCUT2D eigenvalue weighted by atomic mass is 10.1. The number of benzene rings is 3. The zero-order valence-corrected chi connectivity index (χ0v) is 20.5. The molecule has 2 amide bonds. The highest BCUT2D eigenvalue weighted by atomic mass is 35.5. The van der Waals surface area contributed by atoms with Crippen molar-refractivity contribution < 1.29 is 9.59 Å². The Morgan fingerprint density at radius 1 is 0.971 bits per heavy atom. The van der Waals surface area contributed by atoms with Gasteiger partial charge >= 0.3 is 0 Å². The van der Waals surface area contributed by atoms with Crippen molar-refractivity contribution in [3.05, 3.63) is 94.5 Å². The fraction of sp³-hybridized carbons (Fsp3) is 0.286. The molecule has 0 aromatic heterocycles. The van der Waals surface area contributed by atoms with Crippen LogP contribution < -0.4 is 10.2 Å². The summed E-state index contributed by atoms with van der Waals surface area (Å²) in [7, 11) is 0. The predicted molar refractivity (Wildman–Crippen MR) is 140 cm³/mol. The number of halogens is 1. The van der Waals surface area contributed by atoms with Crippen LogP contribution in [0.25, 0.3) is 0 Å². The van der Waals surface area contributed by atoms with E-state index >= 15 is 0 Å². The van der Waals surface area contributed by atoms with E-state index in [1.165, 1.54) is 0 Å². The van der Waals surface area contributed by atoms with Gasteiger partial charge in [-0.3, -0.25) is 9.59 Å². The predicted octanol–water partition coefficient (Wildman–Crippen LogP) is 5.28. The maximum absolute atomic E-state index is 13.1. The van der Waals surface area contributed by atoms with E-state index in [0.29, 0.717) is 25.2 Å². The Morgan fingerprint density at radius 3 is 2.43 bits per heavy atom. The zero-order valence-electron chi connectivity index (χ0n) is 19.8. The Bertz CT molecular complexity index is 1220. The molecule has 2 heterocycles. The smallest absolute Gasteiger partial charge is 0.256 e. The van der Waals surface area contributed by atoms with Crippen LogP contribution >= 0.6 is 11.6 Å². The van der Waals surface area contributed by atoms with Crippen molar-refractivity contribution in [2.45, 2.75) is 19.5 Å². The average Bonchev–Trinajstić information content (AvgIpc) is 3.15. The Labute approximate surface area is 211 Å². The van der Waals surface area contributed by atoms with Gasteiger partial charge in [0.15, 0.2) is 0 Å². The van der Waals surface area contributed by atoms with Crippen LogP contribution in [0.4, 0.5) is 11.4 Å². The van der Waals surface area contributed by atoms with E-state index < -0.39 is 0 Å². The number of rotatable bonds is 6. The molecule has 3 aromatic carbocycles. The van der Waals surface area contributed by atoms with Gasteiger partial charge in [-0.05, 0) is 55.0 Å². The van der Waals surface area contributed by atoms with E-state index in [1.807, 2.05) is 82.6 Å². The highest BCUT2D eigenvalue weighted by molar-refractivity contribution is 6.30. The Kier molecular flexibility index (Phi) is 6.64. The van der Waals surface area contributed by atoms with Crippen LogP contribution in [-0.2, 0) is 0 Å². The molecule has 0 unspecified atom stereocenters. The first-order valence-electron chi connectivity index (χ1n) is 12.1. The minimum Gasteiger partial charge on any atom is -0.368 e. The molecule has 2 aliphatic heterocycles. The van der Waals surface area contributed by atoms with Crippen LogP contribution in [0.5, 0.6) is 0 Å². The van der Waals surface area contributed by atoms with Crippen molar-refractivity contribution in [2.75, 3.05) is 42.9 Å². The maximum Gasteiger partial charge on any atom is 0.256 e. The number of fused-ring (bicyclic) bond motifs is 1. The van der Waals surface area contributed by atoms with Gasteiger partial charge in [-0.2, -0.15) is 0 Å². The summed E-state index contributed by atoms with van der Waals surface area (Å²) in [6.45, 7) is 5.63. The standard InChI is InChI=1S/C28H29ClN4O2/c1-2-14-33-26(24-8-3-4-9-25(24)28(33)35)30-22-12-10-20(11-13-22)27(34)32-17-15-31(16-18-32)23-7-5-6-21(29)19-23/h3-13,19,26,30H,2,14-18H2,1H3/t26-/m1/s1. The van der Waals surface area contributed by atoms with Gasteiger partial charge in [0.1, 0.15) is 6.17 Å². The fourth-order valence-corrected chi connectivity index (χ4v) is 5.07. The normalized spacial score (nSPS) is 17.5. The van der Waals surface area contributed by atoms with Gasteiger partial charge < -0.3 is 20.0 Å². The summed E-state index contributed by atoms with van der Waals surface area (Å²) < 4.78 is 0. The monoisotopic (exact) mass is 488 g/mol. The van der Waals surface area contributed by atoms with Gasteiger partial charge in [0.2, 0.25) is 0 Å². The molecule has 1 N–H and O–H groups in total. The topological polar surface area (TPSA) is 55.9 Å². The number of amides is 2. The second kappa shape index (κ2) is 10.0. The summed E-state index contributed by atoms with van der Waals surface area (Å²) in [6, 6.07) is 23.1. The van der Waals surface area contributed by atoms with E-state index in [1.54, 1.807) is 0 Å². The lowest BCUT2D eigenvalue weighted by molar-refractivity contribution is 0.0738. The Morgan fingerprint density at radius 2 is 1.71 bits per heavy atom. The van der Waals surface area contributed by atoms with Crippen molar-refractivity contribution in [1.82, 2.24) is 9.80 Å². The number of carbonyl (C=O) groups excluding carboxylic acids is 2. The highest BCUT2D eigenvalue weighted by Gasteiger charge is 2.35. The van der Waals surface area contributed by atoms with Gasteiger partial charge in [-0.25, -0.2) is 0 Å². The molecule has 2 aliphatic rings. The second-order valence-corrected chi connectivity index (χ2v) is 9.41. The third-order valence-electron chi connectivity index (χ3n) is 6.70. The van der Waals surface area contributed by atoms with Crippen molar-refractivity contribution in [2.24, 2.45) is 0 Å². The van der Waals surface area contributed by atoms with Gasteiger partial charge in [-0.15, -0.1) is 0 Å². The Balaban J connectivity index is 1.24. The average molecular weight is 489 g/mol. The molecule has 35 heavy (non-hydrogen) atoms. The molecule has 1 saturated heterocycles. The molecule has 0 radical (unpaired) electrons. The van der Waals surface area contributed by atoms with Gasteiger partial charge in [0, 0.05) is 65.8 Å².